The van der Waals surface area contributed by atoms with E-state index in [0.717, 1.165) is 11.1 Å². The molecule has 0 atom stereocenters. The van der Waals surface area contributed by atoms with Crippen LogP contribution in [0, 0.1) is 0 Å². The standard InChI is InChI=1S/C13H9Cl3O2S/c14-11-4-5-13(15)10(8-11)6-9-2-1-3-12(7-9)19(16,17)18/h1-5,7-8H,6H2. The summed E-state index contributed by atoms with van der Waals surface area (Å²) in [6.45, 7) is 0. The lowest BCUT2D eigenvalue weighted by Crippen LogP contribution is -1.94. The minimum absolute atomic E-state index is 0.0739. The summed E-state index contributed by atoms with van der Waals surface area (Å²) in [6, 6.07) is 11.6. The number of hydrogen-bond acceptors (Lipinski definition) is 2. The summed E-state index contributed by atoms with van der Waals surface area (Å²) in [5, 5.41) is 1.17. The Kier molecular flexibility index (Phi) is 4.41. The van der Waals surface area contributed by atoms with Crippen molar-refractivity contribution in [2.24, 2.45) is 0 Å². The quantitative estimate of drug-likeness (QED) is 0.773. The molecule has 2 nitrogen and oxygen atoms in total. The number of halogens is 3. The van der Waals surface area contributed by atoms with Crippen molar-refractivity contribution < 1.29 is 8.42 Å². The van der Waals surface area contributed by atoms with Crippen molar-refractivity contribution in [1.82, 2.24) is 0 Å². The molecule has 0 spiro atoms. The maximum absolute atomic E-state index is 11.3. The van der Waals surface area contributed by atoms with E-state index in [9.17, 15) is 8.42 Å². The van der Waals surface area contributed by atoms with Gasteiger partial charge in [-0.15, -0.1) is 0 Å². The van der Waals surface area contributed by atoms with Crippen molar-refractivity contribution in [3.63, 3.8) is 0 Å². The first-order valence-electron chi connectivity index (χ1n) is 5.34. The fourth-order valence-electron chi connectivity index (χ4n) is 1.71. The van der Waals surface area contributed by atoms with Gasteiger partial charge in [0.2, 0.25) is 0 Å². The second-order valence-corrected chi connectivity index (χ2v) is 7.41. The van der Waals surface area contributed by atoms with Crippen LogP contribution in [-0.4, -0.2) is 8.42 Å². The molecule has 0 unspecified atom stereocenters. The van der Waals surface area contributed by atoms with Crippen LogP contribution in [-0.2, 0) is 15.5 Å². The highest BCUT2D eigenvalue weighted by atomic mass is 35.7. The van der Waals surface area contributed by atoms with Crippen LogP contribution < -0.4 is 0 Å². The Balaban J connectivity index is 2.36. The van der Waals surface area contributed by atoms with E-state index < -0.39 is 9.05 Å². The molecule has 100 valence electrons. The van der Waals surface area contributed by atoms with E-state index in [1.54, 1.807) is 24.3 Å². The Morgan fingerprint density at radius 2 is 1.74 bits per heavy atom. The summed E-state index contributed by atoms with van der Waals surface area (Å²) < 4.78 is 22.6. The monoisotopic (exact) mass is 334 g/mol. The predicted octanol–water partition coefficient (Wildman–Crippen LogP) is 4.51. The van der Waals surface area contributed by atoms with Crippen molar-refractivity contribution in [1.29, 1.82) is 0 Å². The van der Waals surface area contributed by atoms with Crippen LogP contribution in [0.15, 0.2) is 47.4 Å². The molecule has 0 bridgehead atoms. The average molecular weight is 336 g/mol. The second kappa shape index (κ2) is 5.71. The zero-order valence-corrected chi connectivity index (χ0v) is 12.7. The van der Waals surface area contributed by atoms with Crippen LogP contribution in [0.25, 0.3) is 0 Å². The van der Waals surface area contributed by atoms with Gasteiger partial charge in [-0.05, 0) is 47.9 Å². The van der Waals surface area contributed by atoms with E-state index in [0.29, 0.717) is 16.5 Å². The summed E-state index contributed by atoms with van der Waals surface area (Å²) in [4.78, 5) is 0.0739. The first kappa shape index (κ1) is 14.7. The molecule has 0 aliphatic heterocycles. The van der Waals surface area contributed by atoms with Crippen molar-refractivity contribution in [2.45, 2.75) is 11.3 Å². The Hall–Kier alpha value is -0.740. The molecule has 2 aromatic carbocycles. The normalized spacial score (nSPS) is 11.5. The van der Waals surface area contributed by atoms with E-state index >= 15 is 0 Å². The lowest BCUT2D eigenvalue weighted by atomic mass is 10.1. The third-order valence-electron chi connectivity index (χ3n) is 2.58. The van der Waals surface area contributed by atoms with Gasteiger partial charge in [0.05, 0.1) is 4.90 Å². The van der Waals surface area contributed by atoms with Gasteiger partial charge >= 0.3 is 0 Å². The molecule has 19 heavy (non-hydrogen) atoms. The lowest BCUT2D eigenvalue weighted by Gasteiger charge is -2.06. The molecule has 0 radical (unpaired) electrons. The zero-order chi connectivity index (χ0) is 14.0. The minimum atomic E-state index is -3.72. The summed E-state index contributed by atoms with van der Waals surface area (Å²) in [5.74, 6) is 0. The molecule has 6 heteroatoms. The van der Waals surface area contributed by atoms with Gasteiger partial charge < -0.3 is 0 Å². The molecule has 0 fully saturated rings. The summed E-state index contributed by atoms with van der Waals surface area (Å²) in [6.07, 6.45) is 0.486. The van der Waals surface area contributed by atoms with Gasteiger partial charge in [-0.25, -0.2) is 8.42 Å². The molecule has 0 N–H and O–H groups in total. The Morgan fingerprint density at radius 3 is 2.42 bits per heavy atom. The highest BCUT2D eigenvalue weighted by Crippen LogP contribution is 2.24. The van der Waals surface area contributed by atoms with E-state index in [2.05, 4.69) is 0 Å². The van der Waals surface area contributed by atoms with Gasteiger partial charge in [0.25, 0.3) is 9.05 Å². The van der Waals surface area contributed by atoms with E-state index in [1.165, 1.54) is 12.1 Å². The molecule has 0 aliphatic rings. The molecule has 0 saturated carbocycles. The third-order valence-corrected chi connectivity index (χ3v) is 4.54. The topological polar surface area (TPSA) is 34.1 Å². The summed E-state index contributed by atoms with van der Waals surface area (Å²) >= 11 is 12.0. The first-order chi connectivity index (χ1) is 8.86. The van der Waals surface area contributed by atoms with Gasteiger partial charge in [-0.3, -0.25) is 0 Å². The fraction of sp³-hybridized carbons (Fsp3) is 0.0769. The van der Waals surface area contributed by atoms with Crippen LogP contribution in [0.5, 0.6) is 0 Å². The maximum Gasteiger partial charge on any atom is 0.261 e. The van der Waals surface area contributed by atoms with E-state index in [1.807, 2.05) is 6.07 Å². The SMILES string of the molecule is O=S(=O)(Cl)c1cccc(Cc2cc(Cl)ccc2Cl)c1. The van der Waals surface area contributed by atoms with Gasteiger partial charge in [0.15, 0.2) is 0 Å². The molecular weight excluding hydrogens is 327 g/mol. The Labute approximate surface area is 126 Å². The van der Waals surface area contributed by atoms with Crippen LogP contribution in [0.4, 0.5) is 0 Å². The third kappa shape index (κ3) is 3.86. The molecule has 0 amide bonds. The van der Waals surface area contributed by atoms with Crippen LogP contribution >= 0.6 is 33.9 Å². The number of benzene rings is 2. The van der Waals surface area contributed by atoms with Crippen molar-refractivity contribution in [2.75, 3.05) is 0 Å². The maximum atomic E-state index is 11.3. The van der Waals surface area contributed by atoms with Crippen molar-refractivity contribution in [3.05, 3.63) is 63.6 Å². The molecule has 0 saturated heterocycles. The predicted molar refractivity (Wildman–Crippen MR) is 78.7 cm³/mol. The molecule has 0 aromatic heterocycles. The van der Waals surface area contributed by atoms with E-state index in [4.69, 9.17) is 33.9 Å². The number of hydrogen-bond donors (Lipinski definition) is 0. The van der Waals surface area contributed by atoms with Crippen LogP contribution in [0.2, 0.25) is 10.0 Å². The number of rotatable bonds is 3. The molecule has 0 heterocycles. The second-order valence-electron chi connectivity index (χ2n) is 4.00. The molecule has 0 aliphatic carbocycles. The molecule has 2 aromatic rings. The fourth-order valence-corrected chi connectivity index (χ4v) is 2.91. The Morgan fingerprint density at radius 1 is 1.00 bits per heavy atom. The van der Waals surface area contributed by atoms with E-state index in [-0.39, 0.29) is 4.90 Å². The van der Waals surface area contributed by atoms with Crippen molar-refractivity contribution in [3.8, 4) is 0 Å². The smallest absolute Gasteiger partial charge is 0.207 e. The van der Waals surface area contributed by atoms with Gasteiger partial charge in [-0.1, -0.05) is 35.3 Å². The highest BCUT2D eigenvalue weighted by molar-refractivity contribution is 8.13. The summed E-state index contributed by atoms with van der Waals surface area (Å²) in [5.41, 5.74) is 1.63. The van der Waals surface area contributed by atoms with Gasteiger partial charge in [0, 0.05) is 20.7 Å². The summed E-state index contributed by atoms with van der Waals surface area (Å²) in [7, 11) is 1.59. The van der Waals surface area contributed by atoms with Gasteiger partial charge in [0.1, 0.15) is 0 Å². The largest absolute Gasteiger partial charge is 0.261 e. The highest BCUT2D eigenvalue weighted by Gasteiger charge is 2.11. The zero-order valence-electron chi connectivity index (χ0n) is 9.61. The van der Waals surface area contributed by atoms with Crippen LogP contribution in [0.1, 0.15) is 11.1 Å². The minimum Gasteiger partial charge on any atom is -0.207 e. The lowest BCUT2D eigenvalue weighted by molar-refractivity contribution is 0.609. The first-order valence-corrected chi connectivity index (χ1v) is 8.40. The van der Waals surface area contributed by atoms with Crippen LogP contribution in [0.3, 0.4) is 0 Å². The molecular formula is C13H9Cl3O2S. The Bertz CT molecular complexity index is 712. The van der Waals surface area contributed by atoms with Gasteiger partial charge in [-0.2, -0.15) is 0 Å². The average Bonchev–Trinajstić information content (AvgIpc) is 2.33. The van der Waals surface area contributed by atoms with Crippen molar-refractivity contribution >= 4 is 42.9 Å². The molecule has 2 rings (SSSR count).